The molecule has 5 heterocycles. The van der Waals surface area contributed by atoms with Crippen molar-refractivity contribution in [2.75, 3.05) is 13.1 Å². The van der Waals surface area contributed by atoms with E-state index in [4.69, 9.17) is 0 Å². The number of piperazine rings is 1. The van der Waals surface area contributed by atoms with Crippen molar-refractivity contribution in [2.45, 2.75) is 38.8 Å². The third-order valence-corrected chi connectivity index (χ3v) is 5.94. The van der Waals surface area contributed by atoms with Crippen molar-refractivity contribution in [3.63, 3.8) is 0 Å². The molecule has 10 heteroatoms. The lowest BCUT2D eigenvalue weighted by Gasteiger charge is -2.34. The number of carbonyl (C=O) groups is 2. The molecule has 2 N–H and O–H groups in total. The summed E-state index contributed by atoms with van der Waals surface area (Å²) in [5.74, 6) is 0.523. The molecule has 5 rings (SSSR count). The summed E-state index contributed by atoms with van der Waals surface area (Å²) in [6.07, 6.45) is 3.33. The van der Waals surface area contributed by atoms with Crippen LogP contribution in [0, 0.1) is 6.92 Å². The van der Waals surface area contributed by atoms with Gasteiger partial charge in [0.2, 0.25) is 0 Å². The largest absolute Gasteiger partial charge is 0.332 e. The van der Waals surface area contributed by atoms with Crippen LogP contribution in [-0.4, -0.2) is 71.4 Å². The van der Waals surface area contributed by atoms with Gasteiger partial charge in [0.15, 0.2) is 5.65 Å². The Labute approximate surface area is 165 Å². The van der Waals surface area contributed by atoms with Gasteiger partial charge in [0, 0.05) is 31.4 Å². The fourth-order valence-electron chi connectivity index (χ4n) is 4.52. The fourth-order valence-corrected chi connectivity index (χ4v) is 4.52. The van der Waals surface area contributed by atoms with E-state index in [1.54, 1.807) is 17.9 Å². The average Bonchev–Trinajstić information content (AvgIpc) is 3.48. The van der Waals surface area contributed by atoms with Crippen molar-refractivity contribution >= 4 is 17.5 Å². The van der Waals surface area contributed by atoms with Gasteiger partial charge in [-0.15, -0.1) is 10.2 Å². The molecular weight excluding hydrogens is 374 g/mol. The monoisotopic (exact) mass is 395 g/mol. The van der Waals surface area contributed by atoms with Gasteiger partial charge in [0.25, 0.3) is 11.8 Å². The van der Waals surface area contributed by atoms with Crippen molar-refractivity contribution in [1.29, 1.82) is 0 Å². The molecule has 2 saturated heterocycles. The van der Waals surface area contributed by atoms with Gasteiger partial charge in [-0.3, -0.25) is 14.0 Å². The van der Waals surface area contributed by atoms with Crippen molar-refractivity contribution in [1.82, 2.24) is 34.4 Å². The Hall–Kier alpha value is -3.43. The minimum absolute atomic E-state index is 0.0451. The molecule has 2 atom stereocenters. The van der Waals surface area contributed by atoms with Crippen molar-refractivity contribution in [2.24, 2.45) is 0 Å². The topological polar surface area (TPSA) is 119 Å². The highest BCUT2D eigenvalue weighted by molar-refractivity contribution is 6.00. The lowest BCUT2D eigenvalue weighted by molar-refractivity contribution is 0.0524. The third-order valence-electron chi connectivity index (χ3n) is 5.94. The number of imidazole rings is 1. The number of amides is 2. The summed E-state index contributed by atoms with van der Waals surface area (Å²) in [5, 5.41) is 8.37. The summed E-state index contributed by atoms with van der Waals surface area (Å²) in [7, 11) is 0. The molecule has 29 heavy (non-hydrogen) atoms. The second kappa shape index (κ2) is 6.29. The molecule has 3 aromatic rings. The molecule has 2 fully saturated rings. The number of aromatic nitrogens is 5. The first-order valence-corrected chi connectivity index (χ1v) is 9.71. The number of rotatable bonds is 3. The van der Waals surface area contributed by atoms with E-state index in [-0.39, 0.29) is 29.6 Å². The van der Waals surface area contributed by atoms with Crippen LogP contribution in [0.25, 0.3) is 5.65 Å². The summed E-state index contributed by atoms with van der Waals surface area (Å²) >= 11 is 0. The van der Waals surface area contributed by atoms with Crippen LogP contribution in [0.3, 0.4) is 0 Å². The number of fused-ring (bicyclic) bond motifs is 3. The van der Waals surface area contributed by atoms with Gasteiger partial charge < -0.3 is 19.8 Å². The fraction of sp³-hybridized carbons (Fsp3) is 0.421. The Morgan fingerprint density at radius 2 is 1.86 bits per heavy atom. The van der Waals surface area contributed by atoms with E-state index < -0.39 is 0 Å². The van der Waals surface area contributed by atoms with Crippen LogP contribution in [0.5, 0.6) is 0 Å². The molecule has 150 valence electrons. The highest BCUT2D eigenvalue weighted by Gasteiger charge is 2.48. The lowest BCUT2D eigenvalue weighted by Crippen LogP contribution is -2.50. The predicted octanol–water partition coefficient (Wildman–Crippen LogP) is 0.356. The molecule has 3 aromatic heterocycles. The van der Waals surface area contributed by atoms with Gasteiger partial charge in [0.05, 0.1) is 17.6 Å². The maximum Gasteiger partial charge on any atom is 0.323 e. The van der Waals surface area contributed by atoms with Crippen molar-refractivity contribution in [3.8, 4) is 0 Å². The molecule has 0 aliphatic carbocycles. The summed E-state index contributed by atoms with van der Waals surface area (Å²) in [4.78, 5) is 46.3. The molecule has 10 nitrogen and oxygen atoms in total. The second-order valence-electron chi connectivity index (χ2n) is 7.62. The smallest absolute Gasteiger partial charge is 0.323 e. The van der Waals surface area contributed by atoms with E-state index in [0.29, 0.717) is 35.7 Å². The van der Waals surface area contributed by atoms with Gasteiger partial charge in [-0.05, 0) is 25.5 Å². The molecule has 0 saturated carbocycles. The standard InChI is InChI=1S/C19H21N7O3/c1-3-14-22-23-16-13(5-4-6-24(14)16)17(27)25-8-12-7-11(25)9-26(12)18(28)15-10(2)20-19(29)21-15/h4-6,11-12H,3,7-9H2,1-2H3,(H2,20,21,29)/t11-,12-/m0/s1. The summed E-state index contributed by atoms with van der Waals surface area (Å²) in [6.45, 7) is 4.62. The van der Waals surface area contributed by atoms with Crippen LogP contribution >= 0.6 is 0 Å². The van der Waals surface area contributed by atoms with Crippen LogP contribution in [-0.2, 0) is 6.42 Å². The van der Waals surface area contributed by atoms with Gasteiger partial charge in [0.1, 0.15) is 11.5 Å². The molecular formula is C19H21N7O3. The molecule has 2 amide bonds. The number of carbonyl (C=O) groups excluding carboxylic acids is 2. The van der Waals surface area contributed by atoms with E-state index >= 15 is 0 Å². The van der Waals surface area contributed by atoms with Gasteiger partial charge in [-0.1, -0.05) is 6.92 Å². The first-order valence-electron chi connectivity index (χ1n) is 9.71. The molecule has 2 bridgehead atoms. The average molecular weight is 395 g/mol. The molecule has 2 aliphatic heterocycles. The number of hydrogen-bond donors (Lipinski definition) is 2. The summed E-state index contributed by atoms with van der Waals surface area (Å²) < 4.78 is 1.85. The Morgan fingerprint density at radius 3 is 2.48 bits per heavy atom. The number of nitrogens with one attached hydrogen (secondary N) is 2. The Kier molecular flexibility index (Phi) is 3.83. The van der Waals surface area contributed by atoms with Crippen molar-refractivity contribution in [3.05, 3.63) is 51.6 Å². The van der Waals surface area contributed by atoms with Crippen LogP contribution in [0.15, 0.2) is 23.1 Å². The van der Waals surface area contributed by atoms with Crippen LogP contribution in [0.1, 0.15) is 45.7 Å². The molecule has 0 spiro atoms. The number of likely N-dealkylation sites (tertiary alicyclic amines) is 2. The Morgan fingerprint density at radius 1 is 1.14 bits per heavy atom. The summed E-state index contributed by atoms with van der Waals surface area (Å²) in [6, 6.07) is 3.50. The SMILES string of the molecule is CCc1nnc2c(C(=O)N3C[C@@H]4C[C@H]3CN4C(=O)c3[nH]c(=O)[nH]c3C)cccn12. The zero-order valence-corrected chi connectivity index (χ0v) is 16.2. The molecule has 0 radical (unpaired) electrons. The first kappa shape index (κ1) is 17.7. The van der Waals surface area contributed by atoms with E-state index in [1.165, 1.54) is 0 Å². The van der Waals surface area contributed by atoms with Crippen molar-refractivity contribution < 1.29 is 9.59 Å². The van der Waals surface area contributed by atoms with Gasteiger partial charge in [-0.25, -0.2) is 4.79 Å². The van der Waals surface area contributed by atoms with E-state index in [2.05, 4.69) is 20.2 Å². The third kappa shape index (κ3) is 2.59. The minimum Gasteiger partial charge on any atom is -0.332 e. The van der Waals surface area contributed by atoms with Crippen LogP contribution in [0.2, 0.25) is 0 Å². The van der Waals surface area contributed by atoms with Crippen LogP contribution in [0.4, 0.5) is 0 Å². The lowest BCUT2D eigenvalue weighted by atomic mass is 10.2. The highest BCUT2D eigenvalue weighted by Crippen LogP contribution is 2.33. The second-order valence-corrected chi connectivity index (χ2v) is 7.62. The normalized spacial score (nSPS) is 20.8. The zero-order chi connectivity index (χ0) is 20.3. The minimum atomic E-state index is -0.389. The predicted molar refractivity (Wildman–Crippen MR) is 103 cm³/mol. The summed E-state index contributed by atoms with van der Waals surface area (Å²) in [5.41, 5.74) is 1.52. The van der Waals surface area contributed by atoms with E-state index in [1.807, 2.05) is 28.5 Å². The number of hydrogen-bond acceptors (Lipinski definition) is 5. The van der Waals surface area contributed by atoms with E-state index in [9.17, 15) is 14.4 Å². The Balaban J connectivity index is 1.38. The number of aryl methyl sites for hydroxylation is 2. The molecule has 0 unspecified atom stereocenters. The first-order chi connectivity index (χ1) is 14.0. The molecule has 2 aliphatic rings. The number of aromatic amines is 2. The highest BCUT2D eigenvalue weighted by atomic mass is 16.2. The maximum absolute atomic E-state index is 13.2. The zero-order valence-electron chi connectivity index (χ0n) is 16.2. The number of pyridine rings is 1. The molecule has 0 aromatic carbocycles. The maximum atomic E-state index is 13.2. The number of H-pyrrole nitrogens is 2. The van der Waals surface area contributed by atoms with Gasteiger partial charge >= 0.3 is 5.69 Å². The quantitative estimate of drug-likeness (QED) is 0.663. The van der Waals surface area contributed by atoms with Crippen LogP contribution < -0.4 is 5.69 Å². The van der Waals surface area contributed by atoms with E-state index in [0.717, 1.165) is 18.7 Å². The van der Waals surface area contributed by atoms with Gasteiger partial charge in [-0.2, -0.15) is 0 Å². The Bertz CT molecular complexity index is 1190. The number of nitrogens with zero attached hydrogens (tertiary/aromatic N) is 5.